The molecular formula is C26H19F2N5O3. The summed E-state index contributed by atoms with van der Waals surface area (Å²) < 4.78 is 34.3. The lowest BCUT2D eigenvalue weighted by Gasteiger charge is -2.13. The average molecular weight is 487 g/mol. The Bertz CT molecular complexity index is 1680. The zero-order chi connectivity index (χ0) is 25.4. The fraction of sp³-hybridized carbons (Fsp3) is 0.115. The van der Waals surface area contributed by atoms with E-state index in [9.17, 15) is 18.4 Å². The quantitative estimate of drug-likeness (QED) is 0.387. The molecule has 8 nitrogen and oxygen atoms in total. The van der Waals surface area contributed by atoms with Gasteiger partial charge in [-0.3, -0.25) is 9.59 Å². The molecule has 0 fully saturated rings. The van der Waals surface area contributed by atoms with Crippen LogP contribution < -0.4 is 10.7 Å². The number of hydrogen-bond acceptors (Lipinski definition) is 6. The van der Waals surface area contributed by atoms with E-state index in [1.165, 1.54) is 47.2 Å². The molecule has 0 radical (unpaired) electrons. The number of aryl methyl sites for hydroxylation is 2. The molecule has 3 heterocycles. The molecule has 0 aliphatic heterocycles. The summed E-state index contributed by atoms with van der Waals surface area (Å²) in [7, 11) is 0. The van der Waals surface area contributed by atoms with E-state index >= 15 is 0 Å². The van der Waals surface area contributed by atoms with Gasteiger partial charge >= 0.3 is 0 Å². The fourth-order valence-corrected chi connectivity index (χ4v) is 3.75. The molecule has 3 aromatic heterocycles. The summed E-state index contributed by atoms with van der Waals surface area (Å²) in [6, 6.07) is 13.3. The van der Waals surface area contributed by atoms with Crippen molar-refractivity contribution in [1.29, 1.82) is 0 Å². The van der Waals surface area contributed by atoms with Gasteiger partial charge in [-0.2, -0.15) is 4.98 Å². The molecule has 180 valence electrons. The molecular weight excluding hydrogens is 468 g/mol. The minimum atomic E-state index is -0.554. The molecule has 36 heavy (non-hydrogen) atoms. The van der Waals surface area contributed by atoms with Crippen molar-refractivity contribution in [3.05, 3.63) is 93.9 Å². The van der Waals surface area contributed by atoms with Gasteiger partial charge in [0.05, 0.1) is 11.1 Å². The molecule has 0 aliphatic carbocycles. The third-order valence-electron chi connectivity index (χ3n) is 5.53. The third kappa shape index (κ3) is 4.48. The smallest absolute Gasteiger partial charge is 0.263 e. The van der Waals surface area contributed by atoms with Gasteiger partial charge in [-0.15, -0.1) is 0 Å². The number of pyridine rings is 2. The maximum absolute atomic E-state index is 14.2. The summed E-state index contributed by atoms with van der Waals surface area (Å²) in [5, 5.41) is 6.69. The van der Waals surface area contributed by atoms with Gasteiger partial charge in [0.15, 0.2) is 0 Å². The van der Waals surface area contributed by atoms with E-state index in [2.05, 4.69) is 20.4 Å². The van der Waals surface area contributed by atoms with Crippen LogP contribution >= 0.6 is 0 Å². The summed E-state index contributed by atoms with van der Waals surface area (Å²) in [4.78, 5) is 34.8. The van der Waals surface area contributed by atoms with E-state index in [1.54, 1.807) is 32.0 Å². The molecule has 1 amide bonds. The van der Waals surface area contributed by atoms with E-state index in [0.717, 1.165) is 5.56 Å². The molecule has 0 bridgehead atoms. The highest BCUT2D eigenvalue weighted by Crippen LogP contribution is 2.23. The molecule has 5 rings (SSSR count). The Morgan fingerprint density at radius 3 is 2.56 bits per heavy atom. The molecule has 0 saturated heterocycles. The van der Waals surface area contributed by atoms with E-state index in [0.29, 0.717) is 11.3 Å². The maximum Gasteiger partial charge on any atom is 0.263 e. The van der Waals surface area contributed by atoms with Crippen LogP contribution in [0.15, 0.2) is 70.1 Å². The number of anilines is 1. The Hall–Kier alpha value is -4.73. The van der Waals surface area contributed by atoms with Crippen LogP contribution in [-0.4, -0.2) is 25.6 Å². The molecule has 10 heteroatoms. The van der Waals surface area contributed by atoms with Crippen LogP contribution in [0.1, 0.15) is 11.3 Å². The van der Waals surface area contributed by atoms with Crippen LogP contribution in [0.2, 0.25) is 0 Å². The number of fused-ring (bicyclic) bond motifs is 1. The van der Waals surface area contributed by atoms with Crippen LogP contribution in [0.25, 0.3) is 33.9 Å². The Morgan fingerprint density at radius 1 is 1.03 bits per heavy atom. The van der Waals surface area contributed by atoms with Gasteiger partial charge in [-0.05, 0) is 67.9 Å². The lowest BCUT2D eigenvalue weighted by atomic mass is 10.1. The molecule has 0 saturated carbocycles. The Labute approximate surface area is 203 Å². The third-order valence-corrected chi connectivity index (χ3v) is 5.53. The molecule has 0 unspecified atom stereocenters. The molecule has 2 aromatic carbocycles. The molecule has 0 atom stereocenters. The predicted molar refractivity (Wildman–Crippen MR) is 129 cm³/mol. The van der Waals surface area contributed by atoms with Crippen LogP contribution in [0.3, 0.4) is 0 Å². The zero-order valence-electron chi connectivity index (χ0n) is 19.3. The second kappa shape index (κ2) is 9.14. The fourth-order valence-electron chi connectivity index (χ4n) is 3.75. The van der Waals surface area contributed by atoms with E-state index in [-0.39, 0.29) is 40.5 Å². The number of rotatable bonds is 5. The van der Waals surface area contributed by atoms with E-state index < -0.39 is 23.0 Å². The number of carbonyl (C=O) groups excluding carboxylic acids is 1. The Balaban J connectivity index is 1.54. The second-order valence-corrected chi connectivity index (χ2v) is 8.29. The maximum atomic E-state index is 14.2. The first kappa shape index (κ1) is 23.0. The van der Waals surface area contributed by atoms with Crippen molar-refractivity contribution in [3.8, 4) is 22.8 Å². The van der Waals surface area contributed by atoms with Gasteiger partial charge in [0.25, 0.3) is 5.89 Å². The standard InChI is InChI=1S/C26H19F2N5O3/c1-14-3-10-21(20(28)11-14)30-22(34)13-33-12-19(23(35)18-9-4-15(2)29-25(18)33)26-31-24(32-36-26)16-5-7-17(27)8-6-16/h3-12H,13H2,1-2H3,(H,30,34). The van der Waals surface area contributed by atoms with Gasteiger partial charge in [0, 0.05) is 17.5 Å². The van der Waals surface area contributed by atoms with Crippen molar-refractivity contribution in [2.45, 2.75) is 20.4 Å². The van der Waals surface area contributed by atoms with E-state index in [4.69, 9.17) is 4.52 Å². The van der Waals surface area contributed by atoms with E-state index in [1.807, 2.05) is 0 Å². The first-order valence-corrected chi connectivity index (χ1v) is 11.0. The number of amides is 1. The molecule has 0 aliphatic rings. The van der Waals surface area contributed by atoms with Gasteiger partial charge in [0.1, 0.15) is 29.4 Å². The summed E-state index contributed by atoms with van der Waals surface area (Å²) in [5.41, 5.74) is 1.84. The number of nitrogens with zero attached hydrogens (tertiary/aromatic N) is 4. The highest BCUT2D eigenvalue weighted by atomic mass is 19.1. The minimum Gasteiger partial charge on any atom is -0.333 e. The predicted octanol–water partition coefficient (Wildman–Crippen LogP) is 4.65. The second-order valence-electron chi connectivity index (χ2n) is 8.29. The number of nitrogens with one attached hydrogen (secondary N) is 1. The van der Waals surface area contributed by atoms with Crippen LogP contribution in [-0.2, 0) is 11.3 Å². The van der Waals surface area contributed by atoms with Gasteiger partial charge in [0.2, 0.25) is 17.2 Å². The Morgan fingerprint density at radius 2 is 1.81 bits per heavy atom. The summed E-state index contributed by atoms with van der Waals surface area (Å²) in [5.74, 6) is -1.38. The molecule has 0 spiro atoms. The topological polar surface area (TPSA) is 103 Å². The van der Waals surface area contributed by atoms with Gasteiger partial charge < -0.3 is 14.4 Å². The summed E-state index contributed by atoms with van der Waals surface area (Å²) >= 11 is 0. The molecule has 1 N–H and O–H groups in total. The van der Waals surface area contributed by atoms with Crippen LogP contribution in [0, 0.1) is 25.5 Å². The van der Waals surface area contributed by atoms with Crippen molar-refractivity contribution >= 4 is 22.6 Å². The number of carbonyl (C=O) groups is 1. The highest BCUT2D eigenvalue weighted by Gasteiger charge is 2.19. The molecule has 5 aromatic rings. The number of benzene rings is 2. The lowest BCUT2D eigenvalue weighted by molar-refractivity contribution is -0.116. The normalized spacial score (nSPS) is 11.1. The highest BCUT2D eigenvalue weighted by molar-refractivity contribution is 5.92. The van der Waals surface area contributed by atoms with Crippen molar-refractivity contribution < 1.29 is 18.1 Å². The summed E-state index contributed by atoms with van der Waals surface area (Å²) in [6.07, 6.45) is 1.41. The Kier molecular flexibility index (Phi) is 5.85. The first-order chi connectivity index (χ1) is 17.3. The van der Waals surface area contributed by atoms with Crippen LogP contribution in [0.4, 0.5) is 14.5 Å². The lowest BCUT2D eigenvalue weighted by Crippen LogP contribution is -2.22. The number of aromatic nitrogens is 4. The van der Waals surface area contributed by atoms with Crippen molar-refractivity contribution in [1.82, 2.24) is 19.7 Å². The van der Waals surface area contributed by atoms with Gasteiger partial charge in [-0.25, -0.2) is 13.8 Å². The van der Waals surface area contributed by atoms with Gasteiger partial charge in [-0.1, -0.05) is 11.2 Å². The largest absolute Gasteiger partial charge is 0.333 e. The van der Waals surface area contributed by atoms with Crippen molar-refractivity contribution in [2.24, 2.45) is 0 Å². The first-order valence-electron chi connectivity index (χ1n) is 11.0. The van der Waals surface area contributed by atoms with Crippen molar-refractivity contribution in [3.63, 3.8) is 0 Å². The number of halogens is 2. The van der Waals surface area contributed by atoms with Crippen LogP contribution in [0.5, 0.6) is 0 Å². The number of hydrogen-bond donors (Lipinski definition) is 1. The average Bonchev–Trinajstić information content (AvgIpc) is 3.33. The SMILES string of the molecule is Cc1ccc(NC(=O)Cn2cc(-c3nc(-c4ccc(F)cc4)no3)c(=O)c3ccc(C)nc32)c(F)c1. The van der Waals surface area contributed by atoms with Crippen molar-refractivity contribution in [2.75, 3.05) is 5.32 Å². The minimum absolute atomic E-state index is 0.0427. The zero-order valence-corrected chi connectivity index (χ0v) is 19.3. The monoisotopic (exact) mass is 487 g/mol. The summed E-state index contributed by atoms with van der Waals surface area (Å²) in [6.45, 7) is 3.25.